The second kappa shape index (κ2) is 55.4. The van der Waals surface area contributed by atoms with E-state index in [1.54, 1.807) is 0 Å². The summed E-state index contributed by atoms with van der Waals surface area (Å²) in [7, 11) is 0. The van der Waals surface area contributed by atoms with E-state index in [2.05, 4.69) is 93.7 Å². The molecule has 0 aromatic rings. The molecule has 0 unspecified atom stereocenters. The molecule has 386 valence electrons. The Balaban J connectivity index is 4.44. The van der Waals surface area contributed by atoms with E-state index in [1.807, 2.05) is 0 Å². The lowest BCUT2D eigenvalue weighted by molar-refractivity contribution is -0.167. The van der Waals surface area contributed by atoms with Crippen LogP contribution >= 0.6 is 0 Å². The molecule has 0 radical (unpaired) electrons. The van der Waals surface area contributed by atoms with Crippen molar-refractivity contribution in [3.05, 3.63) is 72.9 Å². The van der Waals surface area contributed by atoms with Gasteiger partial charge in [0.15, 0.2) is 6.10 Å². The van der Waals surface area contributed by atoms with Crippen molar-refractivity contribution >= 4 is 17.9 Å². The van der Waals surface area contributed by atoms with Gasteiger partial charge in [0, 0.05) is 19.3 Å². The summed E-state index contributed by atoms with van der Waals surface area (Å²) in [6.07, 6.45) is 70.3. The lowest BCUT2D eigenvalue weighted by atomic mass is 10.1. The number of carbonyl (C=O) groups excluding carboxylic acids is 3. The van der Waals surface area contributed by atoms with Crippen molar-refractivity contribution in [2.24, 2.45) is 0 Å². The molecular formula is C61H106O6. The van der Waals surface area contributed by atoms with Crippen molar-refractivity contribution < 1.29 is 28.6 Å². The van der Waals surface area contributed by atoms with Crippen LogP contribution in [0.4, 0.5) is 0 Å². The SMILES string of the molecule is CCCCC/C=C\C/C=C\C/C=C\CCCCC(=O)OC[C@H](COC(=O)CCCCCCC/C=C\CCCCCCCC)OC(=O)CCCCCCCCCCC/C=C\C/C=C\CCCCC. The van der Waals surface area contributed by atoms with Gasteiger partial charge in [0.25, 0.3) is 0 Å². The smallest absolute Gasteiger partial charge is 0.306 e. The van der Waals surface area contributed by atoms with E-state index in [0.717, 1.165) is 83.5 Å². The second-order valence-corrected chi connectivity index (χ2v) is 18.8. The van der Waals surface area contributed by atoms with Crippen LogP contribution in [0.25, 0.3) is 0 Å². The highest BCUT2D eigenvalue weighted by atomic mass is 16.6. The maximum absolute atomic E-state index is 12.9. The van der Waals surface area contributed by atoms with Crippen LogP contribution in [0.5, 0.6) is 0 Å². The van der Waals surface area contributed by atoms with Crippen LogP contribution in [0.3, 0.4) is 0 Å². The average Bonchev–Trinajstić information content (AvgIpc) is 3.33. The number of hydrogen-bond donors (Lipinski definition) is 0. The summed E-state index contributed by atoms with van der Waals surface area (Å²) in [5.74, 6) is -0.938. The molecule has 0 N–H and O–H groups in total. The molecule has 0 saturated heterocycles. The van der Waals surface area contributed by atoms with Crippen LogP contribution in [0.1, 0.15) is 278 Å². The van der Waals surface area contributed by atoms with Gasteiger partial charge in [0.2, 0.25) is 0 Å². The molecule has 0 spiro atoms. The van der Waals surface area contributed by atoms with Gasteiger partial charge in [-0.3, -0.25) is 14.4 Å². The quantitative estimate of drug-likeness (QED) is 0.0262. The van der Waals surface area contributed by atoms with Crippen molar-refractivity contribution in [2.45, 2.75) is 284 Å². The third-order valence-corrected chi connectivity index (χ3v) is 12.2. The summed E-state index contributed by atoms with van der Waals surface area (Å²) in [6, 6.07) is 0. The highest BCUT2D eigenvalue weighted by Crippen LogP contribution is 2.15. The van der Waals surface area contributed by atoms with E-state index >= 15 is 0 Å². The number of unbranched alkanes of at least 4 members (excludes halogenated alkanes) is 28. The lowest BCUT2D eigenvalue weighted by Crippen LogP contribution is -2.30. The Morgan fingerprint density at radius 1 is 0.299 bits per heavy atom. The number of rotatable bonds is 51. The fourth-order valence-corrected chi connectivity index (χ4v) is 7.83. The molecule has 0 aliphatic rings. The van der Waals surface area contributed by atoms with Crippen molar-refractivity contribution in [2.75, 3.05) is 13.2 Å². The Kier molecular flexibility index (Phi) is 52.8. The normalized spacial score (nSPS) is 12.6. The van der Waals surface area contributed by atoms with Gasteiger partial charge in [-0.25, -0.2) is 0 Å². The van der Waals surface area contributed by atoms with Crippen molar-refractivity contribution in [1.29, 1.82) is 0 Å². The van der Waals surface area contributed by atoms with E-state index in [-0.39, 0.29) is 31.1 Å². The summed E-state index contributed by atoms with van der Waals surface area (Å²) in [4.78, 5) is 38.1. The molecule has 0 aromatic heterocycles. The topological polar surface area (TPSA) is 78.9 Å². The molecular weight excluding hydrogens is 829 g/mol. The van der Waals surface area contributed by atoms with Crippen LogP contribution in [0.15, 0.2) is 72.9 Å². The Hall–Kier alpha value is -3.15. The summed E-state index contributed by atoms with van der Waals surface area (Å²) < 4.78 is 16.8. The van der Waals surface area contributed by atoms with Gasteiger partial charge in [-0.15, -0.1) is 0 Å². The predicted octanol–water partition coefficient (Wildman–Crippen LogP) is 19.0. The first-order chi connectivity index (χ1) is 33.0. The van der Waals surface area contributed by atoms with Gasteiger partial charge < -0.3 is 14.2 Å². The summed E-state index contributed by atoms with van der Waals surface area (Å²) in [6.45, 7) is 6.55. The fraction of sp³-hybridized carbons (Fsp3) is 0.754. The summed E-state index contributed by atoms with van der Waals surface area (Å²) in [5, 5.41) is 0. The number of ether oxygens (including phenoxy) is 3. The number of hydrogen-bond acceptors (Lipinski definition) is 6. The molecule has 67 heavy (non-hydrogen) atoms. The monoisotopic (exact) mass is 935 g/mol. The Morgan fingerprint density at radius 2 is 0.537 bits per heavy atom. The maximum atomic E-state index is 12.9. The molecule has 6 nitrogen and oxygen atoms in total. The van der Waals surface area contributed by atoms with E-state index < -0.39 is 6.10 Å². The van der Waals surface area contributed by atoms with Gasteiger partial charge in [-0.1, -0.05) is 216 Å². The molecule has 0 aliphatic carbocycles. The van der Waals surface area contributed by atoms with Crippen molar-refractivity contribution in [1.82, 2.24) is 0 Å². The standard InChI is InChI=1S/C61H106O6/c1-4-7-10-13-16-19-22-25-28-29-30-31-34-37-40-43-46-49-52-55-61(64)67-58(56-65-59(62)53-50-47-44-41-38-35-32-26-23-20-17-14-11-8-5-2)57-66-60(63)54-51-48-45-42-39-36-33-27-24-21-18-15-12-9-6-3/h16-17,19-20,25-28,32-33,38,41,58H,4-15,18,21-24,29-31,34-37,39-40,42-57H2,1-3H3/b19-16-,20-17-,28-25-,32-26-,33-27-,41-38-/t58-/m1/s1. The first-order valence-electron chi connectivity index (χ1n) is 28.4. The minimum absolute atomic E-state index is 0.0930. The predicted molar refractivity (Wildman–Crippen MR) is 288 cm³/mol. The summed E-state index contributed by atoms with van der Waals surface area (Å²) >= 11 is 0. The lowest BCUT2D eigenvalue weighted by Gasteiger charge is -2.18. The highest BCUT2D eigenvalue weighted by molar-refractivity contribution is 5.71. The minimum atomic E-state index is -0.797. The molecule has 0 aliphatic heterocycles. The van der Waals surface area contributed by atoms with Gasteiger partial charge >= 0.3 is 17.9 Å². The number of esters is 3. The zero-order valence-corrected chi connectivity index (χ0v) is 44.2. The molecule has 0 rings (SSSR count). The number of allylic oxidation sites excluding steroid dienone is 12. The fourth-order valence-electron chi connectivity index (χ4n) is 7.83. The van der Waals surface area contributed by atoms with Crippen molar-refractivity contribution in [3.8, 4) is 0 Å². The largest absolute Gasteiger partial charge is 0.462 e. The van der Waals surface area contributed by atoms with Crippen LogP contribution in [-0.4, -0.2) is 37.2 Å². The van der Waals surface area contributed by atoms with E-state index in [9.17, 15) is 14.4 Å². The van der Waals surface area contributed by atoms with E-state index in [4.69, 9.17) is 14.2 Å². The minimum Gasteiger partial charge on any atom is -0.462 e. The van der Waals surface area contributed by atoms with Crippen LogP contribution in [0.2, 0.25) is 0 Å². The maximum Gasteiger partial charge on any atom is 0.306 e. The van der Waals surface area contributed by atoms with Crippen LogP contribution in [-0.2, 0) is 28.6 Å². The van der Waals surface area contributed by atoms with Crippen LogP contribution < -0.4 is 0 Å². The van der Waals surface area contributed by atoms with Gasteiger partial charge in [0.1, 0.15) is 13.2 Å². The van der Waals surface area contributed by atoms with E-state index in [0.29, 0.717) is 19.3 Å². The van der Waals surface area contributed by atoms with Gasteiger partial charge in [0.05, 0.1) is 0 Å². The first kappa shape index (κ1) is 63.8. The Labute approximate surface area is 414 Å². The molecule has 0 saturated carbocycles. The van der Waals surface area contributed by atoms with E-state index in [1.165, 1.54) is 154 Å². The third kappa shape index (κ3) is 53.7. The zero-order chi connectivity index (χ0) is 48.6. The van der Waals surface area contributed by atoms with Gasteiger partial charge in [-0.2, -0.15) is 0 Å². The van der Waals surface area contributed by atoms with Crippen molar-refractivity contribution in [3.63, 3.8) is 0 Å². The van der Waals surface area contributed by atoms with Crippen LogP contribution in [0, 0.1) is 0 Å². The second-order valence-electron chi connectivity index (χ2n) is 18.8. The Morgan fingerprint density at radius 3 is 0.910 bits per heavy atom. The summed E-state index contributed by atoms with van der Waals surface area (Å²) in [5.41, 5.74) is 0. The molecule has 0 aromatic carbocycles. The highest BCUT2D eigenvalue weighted by Gasteiger charge is 2.19. The first-order valence-corrected chi connectivity index (χ1v) is 28.4. The molecule has 1 atom stereocenters. The molecule has 0 fully saturated rings. The number of carbonyl (C=O) groups is 3. The van der Waals surface area contributed by atoms with Gasteiger partial charge in [-0.05, 0) is 116 Å². The third-order valence-electron chi connectivity index (χ3n) is 12.2. The Bertz CT molecular complexity index is 1260. The average molecular weight is 936 g/mol. The molecule has 0 heterocycles. The molecule has 6 heteroatoms. The molecule has 0 amide bonds. The zero-order valence-electron chi connectivity index (χ0n) is 44.2. The molecule has 0 bridgehead atoms.